The van der Waals surface area contributed by atoms with Crippen LogP contribution in [0.25, 0.3) is 0 Å². The number of carbonyl (C=O) groups is 2. The van der Waals surface area contributed by atoms with Gasteiger partial charge in [0, 0.05) is 11.6 Å². The molecule has 0 aliphatic heterocycles. The Morgan fingerprint density at radius 2 is 1.76 bits per heavy atom. The maximum Gasteiger partial charge on any atom is 0.269 e. The lowest BCUT2D eigenvalue weighted by molar-refractivity contribution is -0.117. The molecule has 0 aliphatic rings. The van der Waals surface area contributed by atoms with Crippen LogP contribution in [-0.2, 0) is 4.79 Å². The molecule has 0 aliphatic carbocycles. The zero-order valence-corrected chi connectivity index (χ0v) is 10.2. The molecule has 0 fully saturated rings. The number of nitrogens with one attached hydrogen (secondary N) is 2. The van der Waals surface area contributed by atoms with E-state index in [-0.39, 0.29) is 11.8 Å². The summed E-state index contributed by atoms with van der Waals surface area (Å²) in [5.41, 5.74) is 6.96. The number of benzene rings is 1. The van der Waals surface area contributed by atoms with Crippen LogP contribution in [0.3, 0.4) is 0 Å². The molecule has 4 nitrogen and oxygen atoms in total. The molecule has 17 heavy (non-hydrogen) atoms. The summed E-state index contributed by atoms with van der Waals surface area (Å²) in [7, 11) is 0. The van der Waals surface area contributed by atoms with E-state index in [0.29, 0.717) is 5.56 Å². The van der Waals surface area contributed by atoms with Gasteiger partial charge in [-0.15, -0.1) is 0 Å². The second-order valence-corrected chi connectivity index (χ2v) is 3.98. The summed E-state index contributed by atoms with van der Waals surface area (Å²) in [5.74, 6) is -0.662. The van der Waals surface area contributed by atoms with Crippen LogP contribution in [0.1, 0.15) is 29.8 Å². The molecule has 0 unspecified atom stereocenters. The number of carbonyl (C=O) groups excluding carboxylic acids is 2. The third-order valence-electron chi connectivity index (χ3n) is 2.11. The first-order chi connectivity index (χ1) is 8.00. The van der Waals surface area contributed by atoms with E-state index in [9.17, 15) is 9.59 Å². The molecule has 1 aromatic rings. The smallest absolute Gasteiger partial charge is 0.268 e. The van der Waals surface area contributed by atoms with E-state index >= 15 is 0 Å². The molecule has 1 rings (SSSR count). The summed E-state index contributed by atoms with van der Waals surface area (Å²) in [6.45, 7) is 5.46. The van der Waals surface area contributed by atoms with Crippen molar-refractivity contribution in [3.63, 3.8) is 0 Å². The van der Waals surface area contributed by atoms with E-state index in [1.807, 2.05) is 32.9 Å². The Morgan fingerprint density at radius 3 is 2.35 bits per heavy atom. The van der Waals surface area contributed by atoms with E-state index in [0.717, 1.165) is 11.1 Å². The van der Waals surface area contributed by atoms with Gasteiger partial charge in [0.1, 0.15) is 0 Å². The Labute approximate surface area is 101 Å². The zero-order chi connectivity index (χ0) is 12.8. The van der Waals surface area contributed by atoms with Gasteiger partial charge in [0.2, 0.25) is 0 Å². The molecule has 0 aromatic heterocycles. The SMILES string of the molecule is CC(C)=CC(=O)NNC(=O)c1ccccc1C. The fraction of sp³-hybridized carbons (Fsp3) is 0.231. The van der Waals surface area contributed by atoms with Crippen molar-refractivity contribution in [1.82, 2.24) is 10.9 Å². The van der Waals surface area contributed by atoms with Gasteiger partial charge < -0.3 is 0 Å². The van der Waals surface area contributed by atoms with Crippen LogP contribution in [0.5, 0.6) is 0 Å². The van der Waals surface area contributed by atoms with Gasteiger partial charge in [-0.1, -0.05) is 23.8 Å². The summed E-state index contributed by atoms with van der Waals surface area (Å²) in [6.07, 6.45) is 1.41. The predicted octanol–water partition coefficient (Wildman–Crippen LogP) is 1.72. The quantitative estimate of drug-likeness (QED) is 0.602. The molecule has 0 radical (unpaired) electrons. The minimum Gasteiger partial charge on any atom is -0.268 e. The molecular weight excluding hydrogens is 216 g/mol. The van der Waals surface area contributed by atoms with E-state index in [1.165, 1.54) is 6.08 Å². The van der Waals surface area contributed by atoms with E-state index in [1.54, 1.807) is 12.1 Å². The van der Waals surface area contributed by atoms with Gasteiger partial charge in [-0.25, -0.2) is 0 Å². The molecule has 90 valence electrons. The molecule has 0 atom stereocenters. The summed E-state index contributed by atoms with van der Waals surface area (Å²) in [5, 5.41) is 0. The molecule has 0 saturated heterocycles. The molecule has 4 heteroatoms. The van der Waals surface area contributed by atoms with Crippen LogP contribution >= 0.6 is 0 Å². The fourth-order valence-corrected chi connectivity index (χ4v) is 1.31. The van der Waals surface area contributed by atoms with Gasteiger partial charge in [-0.3, -0.25) is 20.4 Å². The first-order valence-corrected chi connectivity index (χ1v) is 5.31. The van der Waals surface area contributed by atoms with E-state index < -0.39 is 0 Å². The Kier molecular flexibility index (Phi) is 4.46. The second kappa shape index (κ2) is 5.84. The minimum atomic E-state index is -0.341. The third kappa shape index (κ3) is 4.10. The van der Waals surface area contributed by atoms with Crippen LogP contribution in [0.4, 0.5) is 0 Å². The van der Waals surface area contributed by atoms with Crippen LogP contribution < -0.4 is 10.9 Å². The molecule has 0 heterocycles. The van der Waals surface area contributed by atoms with Gasteiger partial charge in [0.15, 0.2) is 0 Å². The van der Waals surface area contributed by atoms with E-state index in [4.69, 9.17) is 0 Å². The largest absolute Gasteiger partial charge is 0.269 e. The van der Waals surface area contributed by atoms with Crippen molar-refractivity contribution >= 4 is 11.8 Å². The standard InChI is InChI=1S/C13H16N2O2/c1-9(2)8-12(16)14-15-13(17)11-7-5-4-6-10(11)3/h4-8H,1-3H3,(H,14,16)(H,15,17). The third-order valence-corrected chi connectivity index (χ3v) is 2.11. The van der Waals surface area contributed by atoms with Gasteiger partial charge >= 0.3 is 0 Å². The van der Waals surface area contributed by atoms with Crippen molar-refractivity contribution in [2.45, 2.75) is 20.8 Å². The highest BCUT2D eigenvalue weighted by atomic mass is 16.2. The summed E-state index contributed by atoms with van der Waals surface area (Å²) >= 11 is 0. The van der Waals surface area contributed by atoms with Gasteiger partial charge in [0.25, 0.3) is 11.8 Å². The highest BCUT2D eigenvalue weighted by molar-refractivity contribution is 5.97. The highest BCUT2D eigenvalue weighted by Crippen LogP contribution is 2.05. The molecular formula is C13H16N2O2. The minimum absolute atomic E-state index is 0.321. The van der Waals surface area contributed by atoms with Crippen molar-refractivity contribution in [3.05, 3.63) is 47.0 Å². The predicted molar refractivity (Wildman–Crippen MR) is 66.2 cm³/mol. The normalized spacial score (nSPS) is 9.35. The number of hydrazine groups is 1. The lowest BCUT2D eigenvalue weighted by Crippen LogP contribution is -2.41. The molecule has 2 N–H and O–H groups in total. The molecule has 0 saturated carbocycles. The summed E-state index contributed by atoms with van der Waals surface area (Å²) < 4.78 is 0. The Balaban J connectivity index is 2.60. The van der Waals surface area contributed by atoms with Crippen LogP contribution in [0.2, 0.25) is 0 Å². The van der Waals surface area contributed by atoms with Crippen molar-refractivity contribution < 1.29 is 9.59 Å². The van der Waals surface area contributed by atoms with Crippen LogP contribution in [0.15, 0.2) is 35.9 Å². The van der Waals surface area contributed by atoms with Crippen molar-refractivity contribution in [2.75, 3.05) is 0 Å². The van der Waals surface area contributed by atoms with Crippen LogP contribution in [-0.4, -0.2) is 11.8 Å². The average Bonchev–Trinajstić information content (AvgIpc) is 2.25. The number of rotatable bonds is 2. The molecule has 1 aromatic carbocycles. The summed E-state index contributed by atoms with van der Waals surface area (Å²) in [4.78, 5) is 23.0. The molecule has 0 bridgehead atoms. The van der Waals surface area contributed by atoms with Gasteiger partial charge in [-0.2, -0.15) is 0 Å². The van der Waals surface area contributed by atoms with Gasteiger partial charge in [0.05, 0.1) is 0 Å². The zero-order valence-electron chi connectivity index (χ0n) is 10.2. The van der Waals surface area contributed by atoms with Crippen molar-refractivity contribution in [1.29, 1.82) is 0 Å². The Hall–Kier alpha value is -2.10. The Bertz CT molecular complexity index is 460. The lowest BCUT2D eigenvalue weighted by Gasteiger charge is -2.07. The maximum absolute atomic E-state index is 11.7. The Morgan fingerprint density at radius 1 is 1.12 bits per heavy atom. The topological polar surface area (TPSA) is 58.2 Å². The fourth-order valence-electron chi connectivity index (χ4n) is 1.31. The highest BCUT2D eigenvalue weighted by Gasteiger charge is 2.07. The number of hydrogen-bond donors (Lipinski definition) is 2. The first-order valence-electron chi connectivity index (χ1n) is 5.31. The van der Waals surface area contributed by atoms with Gasteiger partial charge in [-0.05, 0) is 32.4 Å². The van der Waals surface area contributed by atoms with Crippen molar-refractivity contribution in [2.24, 2.45) is 0 Å². The average molecular weight is 232 g/mol. The molecule has 2 amide bonds. The summed E-state index contributed by atoms with van der Waals surface area (Å²) in [6, 6.07) is 7.18. The monoisotopic (exact) mass is 232 g/mol. The number of hydrogen-bond acceptors (Lipinski definition) is 2. The maximum atomic E-state index is 11.7. The first kappa shape index (κ1) is 13.0. The lowest BCUT2D eigenvalue weighted by atomic mass is 10.1. The number of amides is 2. The van der Waals surface area contributed by atoms with E-state index in [2.05, 4.69) is 10.9 Å². The van der Waals surface area contributed by atoms with Crippen LogP contribution in [0, 0.1) is 6.92 Å². The second-order valence-electron chi connectivity index (χ2n) is 3.98. The molecule has 0 spiro atoms. The number of allylic oxidation sites excluding steroid dienone is 1. The number of aryl methyl sites for hydroxylation is 1. The van der Waals surface area contributed by atoms with Crippen molar-refractivity contribution in [3.8, 4) is 0 Å².